The minimum Gasteiger partial charge on any atom is -0.422 e. The summed E-state index contributed by atoms with van der Waals surface area (Å²) in [6.45, 7) is 4.48. The van der Waals surface area contributed by atoms with E-state index in [1.54, 1.807) is 12.1 Å². The Morgan fingerprint density at radius 3 is 2.84 bits per heavy atom. The van der Waals surface area contributed by atoms with E-state index in [0.29, 0.717) is 29.9 Å². The highest BCUT2D eigenvalue weighted by Gasteiger charge is 2.10. The smallest absolute Gasteiger partial charge is 0.345 e. The average molecular weight is 259 g/mol. The number of fused-ring (bicyclic) bond motifs is 1. The summed E-state index contributed by atoms with van der Waals surface area (Å²) in [5.41, 5.74) is 1.30. The van der Waals surface area contributed by atoms with Gasteiger partial charge in [0.05, 0.1) is 11.3 Å². The molecule has 1 heterocycles. The molecule has 0 radical (unpaired) electrons. The van der Waals surface area contributed by atoms with Gasteiger partial charge in [0.25, 0.3) is 0 Å². The average Bonchev–Trinajstić information content (AvgIpc) is 2.43. The van der Waals surface area contributed by atoms with E-state index in [1.165, 1.54) is 0 Å². The van der Waals surface area contributed by atoms with Crippen molar-refractivity contribution >= 4 is 16.7 Å². The van der Waals surface area contributed by atoms with Gasteiger partial charge in [0, 0.05) is 5.39 Å². The molecule has 4 heteroatoms. The molecule has 0 N–H and O–H groups in total. The first-order valence-corrected chi connectivity index (χ1v) is 6.48. The zero-order chi connectivity index (χ0) is 13.7. The molecule has 0 aliphatic heterocycles. The third kappa shape index (κ3) is 3.02. The second-order valence-corrected chi connectivity index (χ2v) is 4.21. The SMILES string of the molecule is CCCON=C(CC)c1cc2ccccc2oc1=O. The Balaban J connectivity index is 2.45. The standard InChI is InChI=1S/C15H17NO3/c1-3-9-18-16-13(4-2)12-10-11-7-5-6-8-14(11)19-15(12)17/h5-8,10H,3-4,9H2,1-2H3. The van der Waals surface area contributed by atoms with Crippen LogP contribution in [0, 0.1) is 0 Å². The van der Waals surface area contributed by atoms with Crippen molar-refractivity contribution < 1.29 is 9.25 Å². The highest BCUT2D eigenvalue weighted by molar-refractivity contribution is 6.01. The Morgan fingerprint density at radius 1 is 1.32 bits per heavy atom. The van der Waals surface area contributed by atoms with Crippen LogP contribution in [0.5, 0.6) is 0 Å². The monoisotopic (exact) mass is 259 g/mol. The van der Waals surface area contributed by atoms with Gasteiger partial charge in [0.2, 0.25) is 0 Å². The highest BCUT2D eigenvalue weighted by Crippen LogP contribution is 2.14. The van der Waals surface area contributed by atoms with Gasteiger partial charge < -0.3 is 9.25 Å². The van der Waals surface area contributed by atoms with Gasteiger partial charge in [-0.1, -0.05) is 37.2 Å². The molecule has 2 aromatic rings. The van der Waals surface area contributed by atoms with Gasteiger partial charge in [-0.15, -0.1) is 0 Å². The van der Waals surface area contributed by atoms with Crippen LogP contribution >= 0.6 is 0 Å². The third-order valence-corrected chi connectivity index (χ3v) is 2.76. The summed E-state index contributed by atoms with van der Waals surface area (Å²) < 4.78 is 5.29. The molecule has 0 atom stereocenters. The molecule has 0 unspecified atom stereocenters. The number of para-hydroxylation sites is 1. The zero-order valence-corrected chi connectivity index (χ0v) is 11.2. The maximum Gasteiger partial charge on any atom is 0.345 e. The molecule has 0 amide bonds. The van der Waals surface area contributed by atoms with Crippen LogP contribution in [-0.4, -0.2) is 12.3 Å². The topological polar surface area (TPSA) is 51.8 Å². The molecule has 0 saturated heterocycles. The fraction of sp³-hybridized carbons (Fsp3) is 0.333. The lowest BCUT2D eigenvalue weighted by Crippen LogP contribution is -2.14. The second-order valence-electron chi connectivity index (χ2n) is 4.21. The lowest BCUT2D eigenvalue weighted by atomic mass is 10.1. The van der Waals surface area contributed by atoms with E-state index < -0.39 is 0 Å². The first kappa shape index (κ1) is 13.3. The lowest BCUT2D eigenvalue weighted by Gasteiger charge is -2.04. The van der Waals surface area contributed by atoms with Gasteiger partial charge >= 0.3 is 5.63 Å². The van der Waals surface area contributed by atoms with Crippen LogP contribution in [0.4, 0.5) is 0 Å². The summed E-state index contributed by atoms with van der Waals surface area (Å²) in [5, 5.41) is 4.91. The van der Waals surface area contributed by atoms with E-state index in [2.05, 4.69) is 5.16 Å². The summed E-state index contributed by atoms with van der Waals surface area (Å²) in [5.74, 6) is 0. The largest absolute Gasteiger partial charge is 0.422 e. The van der Waals surface area contributed by atoms with Gasteiger partial charge in [0.15, 0.2) is 0 Å². The first-order valence-electron chi connectivity index (χ1n) is 6.48. The Kier molecular flexibility index (Phi) is 4.34. The predicted octanol–water partition coefficient (Wildman–Crippen LogP) is 3.33. The van der Waals surface area contributed by atoms with Crippen molar-refractivity contribution in [3.05, 3.63) is 46.3 Å². The normalized spacial score (nSPS) is 11.8. The third-order valence-electron chi connectivity index (χ3n) is 2.76. The lowest BCUT2D eigenvalue weighted by molar-refractivity contribution is 0.144. The molecule has 0 saturated carbocycles. The van der Waals surface area contributed by atoms with Crippen molar-refractivity contribution in [2.75, 3.05) is 6.61 Å². The first-order chi connectivity index (χ1) is 9.26. The van der Waals surface area contributed by atoms with Crippen LogP contribution in [0.3, 0.4) is 0 Å². The molecule has 100 valence electrons. The molecule has 1 aromatic carbocycles. The van der Waals surface area contributed by atoms with E-state index >= 15 is 0 Å². The molecule has 0 aliphatic rings. The molecule has 0 bridgehead atoms. The number of rotatable bonds is 5. The Bertz CT molecular complexity index is 643. The van der Waals surface area contributed by atoms with Crippen LogP contribution < -0.4 is 5.63 Å². The van der Waals surface area contributed by atoms with Gasteiger partial charge in [-0.25, -0.2) is 4.79 Å². The summed E-state index contributed by atoms with van der Waals surface area (Å²) in [6.07, 6.45) is 1.50. The van der Waals surface area contributed by atoms with Crippen LogP contribution in [0.25, 0.3) is 11.0 Å². The molecular formula is C15H17NO3. The number of hydrogen-bond acceptors (Lipinski definition) is 4. The quantitative estimate of drug-likeness (QED) is 0.358. The number of nitrogens with zero attached hydrogens (tertiary/aromatic N) is 1. The van der Waals surface area contributed by atoms with Crippen LogP contribution in [0.1, 0.15) is 32.3 Å². The molecule has 19 heavy (non-hydrogen) atoms. The van der Waals surface area contributed by atoms with Gasteiger partial charge in [-0.2, -0.15) is 0 Å². The molecule has 0 spiro atoms. The number of benzene rings is 1. The molecular weight excluding hydrogens is 242 g/mol. The summed E-state index contributed by atoms with van der Waals surface area (Å²) in [4.78, 5) is 17.1. The van der Waals surface area contributed by atoms with Crippen molar-refractivity contribution in [1.29, 1.82) is 0 Å². The van der Waals surface area contributed by atoms with E-state index in [9.17, 15) is 4.79 Å². The predicted molar refractivity (Wildman–Crippen MR) is 75.6 cm³/mol. The van der Waals surface area contributed by atoms with Crippen LogP contribution in [-0.2, 0) is 4.84 Å². The molecule has 4 nitrogen and oxygen atoms in total. The van der Waals surface area contributed by atoms with Crippen LogP contribution in [0.2, 0.25) is 0 Å². The van der Waals surface area contributed by atoms with E-state index in [4.69, 9.17) is 9.25 Å². The fourth-order valence-corrected chi connectivity index (χ4v) is 1.78. The minimum atomic E-state index is -0.376. The minimum absolute atomic E-state index is 0.376. The summed E-state index contributed by atoms with van der Waals surface area (Å²) >= 11 is 0. The van der Waals surface area contributed by atoms with E-state index in [0.717, 1.165) is 11.8 Å². The fourth-order valence-electron chi connectivity index (χ4n) is 1.78. The Morgan fingerprint density at radius 2 is 2.11 bits per heavy atom. The van der Waals surface area contributed by atoms with Crippen molar-refractivity contribution in [1.82, 2.24) is 0 Å². The van der Waals surface area contributed by atoms with Crippen molar-refractivity contribution in [2.45, 2.75) is 26.7 Å². The van der Waals surface area contributed by atoms with Crippen LogP contribution in [0.15, 0.2) is 44.7 Å². The maximum atomic E-state index is 12.0. The van der Waals surface area contributed by atoms with Crippen molar-refractivity contribution in [3.8, 4) is 0 Å². The Hall–Kier alpha value is -2.10. The highest BCUT2D eigenvalue weighted by atomic mass is 16.6. The van der Waals surface area contributed by atoms with Crippen molar-refractivity contribution in [3.63, 3.8) is 0 Å². The molecule has 2 rings (SSSR count). The summed E-state index contributed by atoms with van der Waals surface area (Å²) in [6, 6.07) is 9.23. The molecule has 0 aliphatic carbocycles. The molecule has 0 fully saturated rings. The van der Waals surface area contributed by atoms with E-state index in [-0.39, 0.29) is 5.63 Å². The van der Waals surface area contributed by atoms with Gasteiger partial charge in [0.1, 0.15) is 12.2 Å². The molecule has 1 aromatic heterocycles. The van der Waals surface area contributed by atoms with Gasteiger partial charge in [-0.3, -0.25) is 0 Å². The van der Waals surface area contributed by atoms with Gasteiger partial charge in [-0.05, 0) is 25.0 Å². The second kappa shape index (κ2) is 6.18. The summed E-state index contributed by atoms with van der Waals surface area (Å²) in [7, 11) is 0. The maximum absolute atomic E-state index is 12.0. The number of hydrogen-bond donors (Lipinski definition) is 0. The van der Waals surface area contributed by atoms with Crippen molar-refractivity contribution in [2.24, 2.45) is 5.16 Å². The zero-order valence-electron chi connectivity index (χ0n) is 11.2. The van der Waals surface area contributed by atoms with E-state index in [1.807, 2.05) is 32.0 Å². The Labute approximate surface area is 111 Å². The number of oxime groups is 1.